The number of sulfonamides is 1. The Kier molecular flexibility index (Phi) is 7.62. The van der Waals surface area contributed by atoms with E-state index in [-0.39, 0.29) is 22.1 Å². The van der Waals surface area contributed by atoms with E-state index in [2.05, 4.69) is 15.2 Å². The fourth-order valence-corrected chi connectivity index (χ4v) is 4.05. The molecule has 3 aromatic carbocycles. The monoisotopic (exact) mass is 451 g/mol. The number of ether oxygens (including phenoxy) is 1. The predicted octanol–water partition coefficient (Wildman–Crippen LogP) is 4.41. The van der Waals surface area contributed by atoms with Crippen LogP contribution in [-0.2, 0) is 10.0 Å². The second-order valence-electron chi connectivity index (χ2n) is 6.97. The molecule has 0 aliphatic carbocycles. The van der Waals surface area contributed by atoms with Gasteiger partial charge in [0, 0.05) is 12.1 Å². The summed E-state index contributed by atoms with van der Waals surface area (Å²) in [6.07, 6.45) is 1.62. The van der Waals surface area contributed by atoms with E-state index >= 15 is 0 Å². The van der Waals surface area contributed by atoms with E-state index in [1.54, 1.807) is 30.5 Å². The molecule has 1 atom stereocenters. The van der Waals surface area contributed by atoms with E-state index in [0.717, 1.165) is 5.56 Å². The molecule has 0 saturated heterocycles. The zero-order valence-electron chi connectivity index (χ0n) is 17.9. The number of carbonyl (C=O) groups is 1. The van der Waals surface area contributed by atoms with Crippen LogP contribution in [0.25, 0.3) is 0 Å². The van der Waals surface area contributed by atoms with Gasteiger partial charge in [0.1, 0.15) is 5.75 Å². The number of hydrazone groups is 1. The van der Waals surface area contributed by atoms with Gasteiger partial charge in [-0.3, -0.25) is 9.52 Å². The summed E-state index contributed by atoms with van der Waals surface area (Å²) in [5.41, 5.74) is 3.85. The van der Waals surface area contributed by atoms with Crippen molar-refractivity contribution < 1.29 is 17.9 Å². The van der Waals surface area contributed by atoms with Gasteiger partial charge in [-0.1, -0.05) is 49.4 Å². The van der Waals surface area contributed by atoms with Crippen LogP contribution in [0, 0.1) is 0 Å². The van der Waals surface area contributed by atoms with Gasteiger partial charge < -0.3 is 4.74 Å². The first-order valence-corrected chi connectivity index (χ1v) is 11.6. The molecule has 0 fully saturated rings. The Morgan fingerprint density at radius 1 is 1.00 bits per heavy atom. The minimum atomic E-state index is -3.90. The minimum Gasteiger partial charge on any atom is -0.494 e. The van der Waals surface area contributed by atoms with Crippen molar-refractivity contribution >= 4 is 27.8 Å². The molecule has 3 rings (SSSR count). The Bertz CT molecular complexity index is 1180. The highest BCUT2D eigenvalue weighted by molar-refractivity contribution is 7.92. The van der Waals surface area contributed by atoms with Gasteiger partial charge in [0.25, 0.3) is 15.9 Å². The minimum absolute atomic E-state index is 0.00454. The van der Waals surface area contributed by atoms with E-state index in [4.69, 9.17) is 4.74 Å². The number of amides is 1. The van der Waals surface area contributed by atoms with E-state index in [1.807, 2.05) is 44.2 Å². The zero-order chi connectivity index (χ0) is 23.0. The summed E-state index contributed by atoms with van der Waals surface area (Å²) in [7, 11) is -3.90. The maximum atomic E-state index is 12.8. The number of anilines is 1. The van der Waals surface area contributed by atoms with Crippen molar-refractivity contribution in [3.05, 3.63) is 90.0 Å². The maximum absolute atomic E-state index is 12.8. The summed E-state index contributed by atoms with van der Waals surface area (Å²) in [5, 5.41) is 4.03. The number of nitrogens with zero attached hydrogens (tertiary/aromatic N) is 1. The SMILES string of the molecule is CCOc1ccc(S(=O)(=O)Nc2ccccc2C(=O)N/N=C/C(C)c2ccccc2)cc1. The highest BCUT2D eigenvalue weighted by Gasteiger charge is 2.18. The van der Waals surface area contributed by atoms with E-state index in [1.165, 1.54) is 24.3 Å². The normalized spacial score (nSPS) is 12.3. The Hall–Kier alpha value is -3.65. The molecule has 0 saturated carbocycles. The van der Waals surface area contributed by atoms with Gasteiger partial charge >= 0.3 is 0 Å². The molecule has 0 spiro atoms. The lowest BCUT2D eigenvalue weighted by molar-refractivity contribution is 0.0956. The van der Waals surface area contributed by atoms with Crippen LogP contribution in [0.2, 0.25) is 0 Å². The third-order valence-electron chi connectivity index (χ3n) is 4.65. The quantitative estimate of drug-likeness (QED) is 0.372. The van der Waals surface area contributed by atoms with Gasteiger partial charge in [0.15, 0.2) is 0 Å². The number of para-hydroxylation sites is 1. The average molecular weight is 452 g/mol. The molecule has 32 heavy (non-hydrogen) atoms. The van der Waals surface area contributed by atoms with Crippen molar-refractivity contribution in [2.24, 2.45) is 5.10 Å². The molecule has 0 aromatic heterocycles. The molecule has 0 bridgehead atoms. The van der Waals surface area contributed by atoms with Crippen LogP contribution in [0.3, 0.4) is 0 Å². The lowest BCUT2D eigenvalue weighted by atomic mass is 10.0. The van der Waals surface area contributed by atoms with Crippen LogP contribution >= 0.6 is 0 Å². The van der Waals surface area contributed by atoms with E-state index in [9.17, 15) is 13.2 Å². The molecule has 1 unspecified atom stereocenters. The standard InChI is InChI=1S/C24H25N3O4S/c1-3-31-20-13-15-21(16-14-20)32(29,30)27-23-12-8-7-11-22(23)24(28)26-25-17-18(2)19-9-5-4-6-10-19/h4-18,27H,3H2,1-2H3,(H,26,28)/b25-17+. The number of hydrogen-bond donors (Lipinski definition) is 2. The molecule has 7 nitrogen and oxygen atoms in total. The highest BCUT2D eigenvalue weighted by Crippen LogP contribution is 2.22. The van der Waals surface area contributed by atoms with Crippen LogP contribution in [0.5, 0.6) is 5.75 Å². The fourth-order valence-electron chi connectivity index (χ4n) is 2.97. The number of nitrogens with one attached hydrogen (secondary N) is 2. The van der Waals surface area contributed by atoms with Crippen LogP contribution in [-0.4, -0.2) is 27.1 Å². The van der Waals surface area contributed by atoms with Crippen LogP contribution in [0.1, 0.15) is 35.7 Å². The van der Waals surface area contributed by atoms with Crippen molar-refractivity contribution in [1.29, 1.82) is 0 Å². The molecule has 3 aromatic rings. The summed E-state index contributed by atoms with van der Waals surface area (Å²) in [5.74, 6) is 0.0604. The third-order valence-corrected chi connectivity index (χ3v) is 6.03. The smallest absolute Gasteiger partial charge is 0.273 e. The Labute approximate surface area is 188 Å². The maximum Gasteiger partial charge on any atom is 0.273 e. The Morgan fingerprint density at radius 2 is 1.66 bits per heavy atom. The molecular formula is C24H25N3O4S. The van der Waals surface area contributed by atoms with Gasteiger partial charge in [0.05, 0.1) is 22.8 Å². The van der Waals surface area contributed by atoms with Crippen molar-refractivity contribution in [2.45, 2.75) is 24.7 Å². The predicted molar refractivity (Wildman–Crippen MR) is 126 cm³/mol. The Balaban J connectivity index is 1.72. The summed E-state index contributed by atoms with van der Waals surface area (Å²) >= 11 is 0. The molecule has 166 valence electrons. The van der Waals surface area contributed by atoms with Crippen LogP contribution in [0.15, 0.2) is 88.9 Å². The summed E-state index contributed by atoms with van der Waals surface area (Å²) < 4.78 is 33.4. The van der Waals surface area contributed by atoms with Gasteiger partial charge in [-0.25, -0.2) is 13.8 Å². The molecule has 8 heteroatoms. The van der Waals surface area contributed by atoms with E-state index in [0.29, 0.717) is 12.4 Å². The van der Waals surface area contributed by atoms with Gasteiger partial charge in [-0.05, 0) is 48.9 Å². The summed E-state index contributed by atoms with van der Waals surface area (Å²) in [6, 6.07) is 22.2. The summed E-state index contributed by atoms with van der Waals surface area (Å²) in [6.45, 7) is 4.30. The fraction of sp³-hybridized carbons (Fsp3) is 0.167. The van der Waals surface area contributed by atoms with Crippen LogP contribution in [0.4, 0.5) is 5.69 Å². The molecule has 1 amide bonds. The van der Waals surface area contributed by atoms with Crippen molar-refractivity contribution in [3.8, 4) is 5.75 Å². The first kappa shape index (κ1) is 23.0. The second kappa shape index (κ2) is 10.6. The van der Waals surface area contributed by atoms with Crippen molar-refractivity contribution in [1.82, 2.24) is 5.43 Å². The molecule has 0 heterocycles. The van der Waals surface area contributed by atoms with Gasteiger partial charge in [0.2, 0.25) is 0 Å². The first-order valence-electron chi connectivity index (χ1n) is 10.1. The molecular weight excluding hydrogens is 426 g/mol. The summed E-state index contributed by atoms with van der Waals surface area (Å²) in [4.78, 5) is 12.7. The van der Waals surface area contributed by atoms with Crippen LogP contribution < -0.4 is 14.9 Å². The second-order valence-corrected chi connectivity index (χ2v) is 8.66. The molecule has 0 radical (unpaired) electrons. The number of benzene rings is 3. The largest absolute Gasteiger partial charge is 0.494 e. The van der Waals surface area contributed by atoms with Crippen molar-refractivity contribution in [2.75, 3.05) is 11.3 Å². The molecule has 2 N–H and O–H groups in total. The molecule has 0 aliphatic rings. The third kappa shape index (κ3) is 5.95. The number of hydrogen-bond acceptors (Lipinski definition) is 5. The first-order chi connectivity index (χ1) is 15.4. The lowest BCUT2D eigenvalue weighted by Gasteiger charge is -2.12. The topological polar surface area (TPSA) is 96.9 Å². The van der Waals surface area contributed by atoms with Gasteiger partial charge in [-0.2, -0.15) is 5.10 Å². The Morgan fingerprint density at radius 3 is 2.34 bits per heavy atom. The van der Waals surface area contributed by atoms with Gasteiger partial charge in [-0.15, -0.1) is 0 Å². The number of carbonyl (C=O) groups excluding carboxylic acids is 1. The number of rotatable bonds is 9. The lowest BCUT2D eigenvalue weighted by Crippen LogP contribution is -2.21. The van der Waals surface area contributed by atoms with Crippen molar-refractivity contribution in [3.63, 3.8) is 0 Å². The molecule has 0 aliphatic heterocycles. The van der Waals surface area contributed by atoms with E-state index < -0.39 is 15.9 Å². The zero-order valence-corrected chi connectivity index (χ0v) is 18.7. The average Bonchev–Trinajstić information content (AvgIpc) is 2.80. The highest BCUT2D eigenvalue weighted by atomic mass is 32.2.